The fourth-order valence-corrected chi connectivity index (χ4v) is 3.18. The van der Waals surface area contributed by atoms with Crippen molar-refractivity contribution in [2.24, 2.45) is 0 Å². The number of alkyl halides is 3. The number of hydrogen-bond acceptors (Lipinski definition) is 5. The Hall–Kier alpha value is -2.10. The molecule has 144 valence electrons. The first-order valence-corrected chi connectivity index (χ1v) is 8.86. The molecule has 0 spiro atoms. The van der Waals surface area contributed by atoms with Crippen LogP contribution in [0.3, 0.4) is 0 Å². The molecule has 0 aliphatic carbocycles. The van der Waals surface area contributed by atoms with E-state index in [1.54, 1.807) is 10.7 Å². The van der Waals surface area contributed by atoms with Gasteiger partial charge >= 0.3 is 6.18 Å². The Kier molecular flexibility index (Phi) is 7.64. The van der Waals surface area contributed by atoms with Crippen LogP contribution in [0, 0.1) is 0 Å². The number of nitrogens with zero attached hydrogens (tertiary/aromatic N) is 4. The molecule has 0 amide bonds. The second kappa shape index (κ2) is 9.72. The van der Waals surface area contributed by atoms with Crippen LogP contribution in [0.5, 0.6) is 0 Å². The van der Waals surface area contributed by atoms with Gasteiger partial charge in [0, 0.05) is 18.8 Å². The maximum absolute atomic E-state index is 13.0. The van der Waals surface area contributed by atoms with Crippen LogP contribution in [-0.4, -0.2) is 32.5 Å². The number of tetrazole rings is 1. The van der Waals surface area contributed by atoms with E-state index in [1.165, 1.54) is 23.9 Å². The SMILES string of the molecule is FC(F)(F)c1ccccc1CNCCSc1nnnn1-c1ccccc1.[Cl-]. The van der Waals surface area contributed by atoms with Gasteiger partial charge < -0.3 is 17.7 Å². The fourth-order valence-electron chi connectivity index (χ4n) is 2.39. The number of thioether (sulfide) groups is 1. The van der Waals surface area contributed by atoms with Gasteiger partial charge in [-0.15, -0.1) is 5.10 Å². The van der Waals surface area contributed by atoms with Crippen molar-refractivity contribution in [2.45, 2.75) is 17.9 Å². The second-order valence-corrected chi connectivity index (χ2v) is 6.45. The molecule has 0 atom stereocenters. The average molecular weight is 415 g/mol. The molecular weight excluding hydrogens is 399 g/mol. The van der Waals surface area contributed by atoms with Gasteiger partial charge in [0.25, 0.3) is 0 Å². The van der Waals surface area contributed by atoms with Crippen LogP contribution in [0.4, 0.5) is 13.2 Å². The highest BCUT2D eigenvalue weighted by molar-refractivity contribution is 7.99. The minimum Gasteiger partial charge on any atom is -1.00 e. The van der Waals surface area contributed by atoms with Gasteiger partial charge in [0.15, 0.2) is 0 Å². The van der Waals surface area contributed by atoms with Gasteiger partial charge in [-0.1, -0.05) is 48.2 Å². The smallest absolute Gasteiger partial charge is 0.416 e. The Morgan fingerprint density at radius 2 is 1.70 bits per heavy atom. The van der Waals surface area contributed by atoms with E-state index in [9.17, 15) is 13.2 Å². The van der Waals surface area contributed by atoms with Gasteiger partial charge in [-0.25, -0.2) is 0 Å². The highest BCUT2D eigenvalue weighted by Crippen LogP contribution is 2.31. The number of nitrogens with one attached hydrogen (secondary N) is 1. The van der Waals surface area contributed by atoms with Crippen LogP contribution in [0.15, 0.2) is 59.8 Å². The average Bonchev–Trinajstić information content (AvgIpc) is 3.10. The fraction of sp³-hybridized carbons (Fsp3) is 0.235. The van der Waals surface area contributed by atoms with E-state index in [-0.39, 0.29) is 24.5 Å². The van der Waals surface area contributed by atoms with Gasteiger partial charge in [-0.2, -0.15) is 17.9 Å². The van der Waals surface area contributed by atoms with E-state index in [0.29, 0.717) is 17.5 Å². The van der Waals surface area contributed by atoms with Crippen LogP contribution >= 0.6 is 11.8 Å². The summed E-state index contributed by atoms with van der Waals surface area (Å²) in [4.78, 5) is 0. The number of benzene rings is 2. The molecule has 0 aliphatic heterocycles. The zero-order chi connectivity index (χ0) is 18.4. The summed E-state index contributed by atoms with van der Waals surface area (Å²) in [6.07, 6.45) is -4.34. The maximum Gasteiger partial charge on any atom is 0.416 e. The Bertz CT molecular complexity index is 842. The lowest BCUT2D eigenvalue weighted by Gasteiger charge is -2.13. The van der Waals surface area contributed by atoms with Crippen molar-refractivity contribution in [3.8, 4) is 5.69 Å². The summed E-state index contributed by atoms with van der Waals surface area (Å²) in [5.74, 6) is 0.626. The van der Waals surface area contributed by atoms with Crippen molar-refractivity contribution in [1.29, 1.82) is 0 Å². The van der Waals surface area contributed by atoms with Crippen LogP contribution in [0.1, 0.15) is 11.1 Å². The highest BCUT2D eigenvalue weighted by atomic mass is 35.5. The van der Waals surface area contributed by atoms with E-state index in [1.807, 2.05) is 30.3 Å². The first-order chi connectivity index (χ1) is 12.6. The molecule has 1 N–H and O–H groups in total. The van der Waals surface area contributed by atoms with Gasteiger partial charge in [0.1, 0.15) is 0 Å². The number of rotatable bonds is 7. The van der Waals surface area contributed by atoms with Gasteiger partial charge in [0.05, 0.1) is 11.3 Å². The Balaban J connectivity index is 0.00000261. The zero-order valence-electron chi connectivity index (χ0n) is 14.0. The van der Waals surface area contributed by atoms with Crippen molar-refractivity contribution in [2.75, 3.05) is 12.3 Å². The van der Waals surface area contributed by atoms with Crippen LogP contribution < -0.4 is 17.7 Å². The summed E-state index contributed by atoms with van der Waals surface area (Å²) in [5, 5.41) is 15.3. The molecule has 0 saturated heterocycles. The van der Waals surface area contributed by atoms with Crippen molar-refractivity contribution in [3.05, 3.63) is 65.7 Å². The minimum absolute atomic E-state index is 0. The zero-order valence-corrected chi connectivity index (χ0v) is 15.6. The maximum atomic E-state index is 13.0. The summed E-state index contributed by atoms with van der Waals surface area (Å²) in [6.45, 7) is 0.679. The third kappa shape index (κ3) is 5.69. The normalized spacial score (nSPS) is 11.2. The molecule has 5 nitrogen and oxygen atoms in total. The molecule has 27 heavy (non-hydrogen) atoms. The third-order valence-electron chi connectivity index (χ3n) is 3.59. The molecule has 0 fully saturated rings. The Labute approximate surface area is 164 Å². The predicted molar refractivity (Wildman–Crippen MR) is 93.0 cm³/mol. The molecule has 3 rings (SSSR count). The first-order valence-electron chi connectivity index (χ1n) is 7.88. The Morgan fingerprint density at radius 1 is 1.00 bits per heavy atom. The topological polar surface area (TPSA) is 55.6 Å². The molecule has 0 radical (unpaired) electrons. The summed E-state index contributed by atoms with van der Waals surface area (Å²) in [6, 6.07) is 15.1. The molecule has 0 bridgehead atoms. The third-order valence-corrected chi connectivity index (χ3v) is 4.51. The van der Waals surface area contributed by atoms with Crippen molar-refractivity contribution >= 4 is 11.8 Å². The van der Waals surface area contributed by atoms with Crippen LogP contribution in [0.2, 0.25) is 0 Å². The van der Waals surface area contributed by atoms with Crippen molar-refractivity contribution < 1.29 is 25.6 Å². The van der Waals surface area contributed by atoms with Gasteiger partial charge in [-0.3, -0.25) is 0 Å². The minimum atomic E-state index is -4.34. The molecule has 0 unspecified atom stereocenters. The molecular formula is C17H16ClF3N5S-. The second-order valence-electron chi connectivity index (χ2n) is 5.39. The van der Waals surface area contributed by atoms with Gasteiger partial charge in [-0.05, 0) is 34.2 Å². The van der Waals surface area contributed by atoms with E-state index in [0.717, 1.165) is 11.8 Å². The van der Waals surface area contributed by atoms with Crippen LogP contribution in [0.25, 0.3) is 5.69 Å². The van der Waals surface area contributed by atoms with Crippen LogP contribution in [-0.2, 0) is 12.7 Å². The first kappa shape index (κ1) is 21.2. The number of aromatic nitrogens is 4. The molecule has 0 aliphatic rings. The highest BCUT2D eigenvalue weighted by Gasteiger charge is 2.32. The van der Waals surface area contributed by atoms with E-state index >= 15 is 0 Å². The quantitative estimate of drug-likeness (QED) is 0.452. The standard InChI is InChI=1S/C17H16F3N5S.ClH/c18-17(19,20)15-9-5-4-6-13(15)12-21-10-11-26-16-22-23-24-25(16)14-7-2-1-3-8-14;/h1-9,21H,10-12H2;1H/p-1. The molecule has 2 aromatic carbocycles. The lowest BCUT2D eigenvalue weighted by molar-refractivity contribution is -0.138. The van der Waals surface area contributed by atoms with E-state index < -0.39 is 11.7 Å². The lowest BCUT2D eigenvalue weighted by atomic mass is 10.1. The summed E-state index contributed by atoms with van der Waals surface area (Å²) in [7, 11) is 0. The predicted octanol–water partition coefficient (Wildman–Crippen LogP) is 0.567. The summed E-state index contributed by atoms with van der Waals surface area (Å²) < 4.78 is 40.5. The molecule has 1 aromatic heterocycles. The summed E-state index contributed by atoms with van der Waals surface area (Å²) in [5.41, 5.74) is 0.486. The van der Waals surface area contributed by atoms with E-state index in [2.05, 4.69) is 20.8 Å². The number of para-hydroxylation sites is 1. The lowest BCUT2D eigenvalue weighted by Crippen LogP contribution is -3.00. The molecule has 1 heterocycles. The van der Waals surface area contributed by atoms with Crippen molar-refractivity contribution in [1.82, 2.24) is 25.5 Å². The Morgan fingerprint density at radius 3 is 2.44 bits per heavy atom. The molecule has 3 aromatic rings. The van der Waals surface area contributed by atoms with Crippen molar-refractivity contribution in [3.63, 3.8) is 0 Å². The summed E-state index contributed by atoms with van der Waals surface area (Å²) >= 11 is 1.44. The largest absolute Gasteiger partial charge is 1.00 e. The number of halogens is 4. The number of hydrogen-bond donors (Lipinski definition) is 1. The van der Waals surface area contributed by atoms with E-state index in [4.69, 9.17) is 0 Å². The molecule has 0 saturated carbocycles. The monoisotopic (exact) mass is 414 g/mol. The van der Waals surface area contributed by atoms with Gasteiger partial charge in [0.2, 0.25) is 5.16 Å². The molecule has 10 heteroatoms.